The van der Waals surface area contributed by atoms with Crippen molar-refractivity contribution in [3.8, 4) is 0 Å². The molecule has 9 heteroatoms. The van der Waals surface area contributed by atoms with Crippen LogP contribution in [0.25, 0.3) is 0 Å². The molecule has 3 rings (SSSR count). The second-order valence-electron chi connectivity index (χ2n) is 7.38. The van der Waals surface area contributed by atoms with Crippen molar-refractivity contribution in [2.75, 3.05) is 63.8 Å². The van der Waals surface area contributed by atoms with Crippen LogP contribution in [0.5, 0.6) is 0 Å². The van der Waals surface area contributed by atoms with Crippen molar-refractivity contribution in [1.29, 1.82) is 0 Å². The summed E-state index contributed by atoms with van der Waals surface area (Å²) in [5.74, 6) is 3.56. The fourth-order valence-corrected chi connectivity index (χ4v) is 4.40. The van der Waals surface area contributed by atoms with Gasteiger partial charge in [-0.25, -0.2) is 0 Å². The van der Waals surface area contributed by atoms with E-state index in [1.807, 2.05) is 0 Å². The van der Waals surface area contributed by atoms with E-state index in [-0.39, 0.29) is 13.2 Å². The molecule has 3 unspecified atom stereocenters. The van der Waals surface area contributed by atoms with Gasteiger partial charge in [0.15, 0.2) is 0 Å². The largest absolute Gasteiger partial charge is 0.395 e. The van der Waals surface area contributed by atoms with Gasteiger partial charge in [0.25, 0.3) is 0 Å². The Morgan fingerprint density at radius 3 is 2.00 bits per heavy atom. The van der Waals surface area contributed by atoms with Crippen molar-refractivity contribution >= 4 is 11.9 Å². The fraction of sp³-hybridized carbons (Fsp3) is 0.833. The van der Waals surface area contributed by atoms with E-state index in [1.165, 1.54) is 19.3 Å². The highest BCUT2D eigenvalue weighted by molar-refractivity contribution is 5.39. The van der Waals surface area contributed by atoms with Gasteiger partial charge in [-0.2, -0.15) is 15.0 Å². The highest BCUT2D eigenvalue weighted by Gasteiger charge is 2.42. The number of hydrogen-bond donors (Lipinski definition) is 2. The van der Waals surface area contributed by atoms with Crippen LogP contribution in [-0.4, -0.2) is 79.1 Å². The lowest BCUT2D eigenvalue weighted by atomic mass is 9.88. The zero-order valence-electron chi connectivity index (χ0n) is 16.3. The average molecular weight is 381 g/mol. The predicted octanol–water partition coefficient (Wildman–Crippen LogP) is 0.580. The topological polar surface area (TPSA) is 104 Å². The third-order valence-electron chi connectivity index (χ3n) is 5.57. The van der Waals surface area contributed by atoms with Crippen LogP contribution in [0.15, 0.2) is 0 Å². The molecule has 9 nitrogen and oxygen atoms in total. The quantitative estimate of drug-likeness (QED) is 0.533. The number of nitrogens with zero attached hydrogens (tertiary/aromatic N) is 5. The second kappa shape index (κ2) is 9.59. The van der Waals surface area contributed by atoms with Gasteiger partial charge in [0.2, 0.25) is 11.9 Å². The Labute approximate surface area is 160 Å². The summed E-state index contributed by atoms with van der Waals surface area (Å²) in [5.41, 5.74) is 0. The first-order valence-electron chi connectivity index (χ1n) is 9.65. The van der Waals surface area contributed by atoms with Crippen molar-refractivity contribution < 1.29 is 19.7 Å². The second-order valence-corrected chi connectivity index (χ2v) is 7.38. The van der Waals surface area contributed by atoms with Gasteiger partial charge in [0, 0.05) is 33.2 Å². The van der Waals surface area contributed by atoms with E-state index < -0.39 is 0 Å². The Morgan fingerprint density at radius 2 is 1.52 bits per heavy atom. The van der Waals surface area contributed by atoms with Crippen LogP contribution in [0.1, 0.15) is 37.4 Å². The summed E-state index contributed by atoms with van der Waals surface area (Å²) in [6.07, 6.45) is 4.94. The van der Waals surface area contributed by atoms with Gasteiger partial charge < -0.3 is 24.6 Å². The molecule has 0 spiro atoms. The van der Waals surface area contributed by atoms with Crippen LogP contribution in [0, 0.1) is 11.8 Å². The molecule has 0 aliphatic heterocycles. The maximum absolute atomic E-state index is 9.39. The number of aliphatic hydroxyl groups excluding tert-OH is 2. The molecule has 0 amide bonds. The summed E-state index contributed by atoms with van der Waals surface area (Å²) >= 11 is 0. The van der Waals surface area contributed by atoms with E-state index in [1.54, 1.807) is 24.0 Å². The summed E-state index contributed by atoms with van der Waals surface area (Å²) in [6.45, 7) is 1.24. The molecule has 2 bridgehead atoms. The Bertz CT molecular complexity index is 559. The number of fused-ring (bicyclic) bond motifs is 2. The fourth-order valence-electron chi connectivity index (χ4n) is 4.40. The van der Waals surface area contributed by atoms with Crippen LogP contribution in [0.3, 0.4) is 0 Å². The maximum Gasteiger partial charge on any atom is 0.234 e. The molecule has 1 aromatic rings. The molecule has 3 atom stereocenters. The van der Waals surface area contributed by atoms with Gasteiger partial charge in [0.05, 0.1) is 13.2 Å². The number of aliphatic hydroxyl groups is 2. The minimum atomic E-state index is -0.0374. The summed E-state index contributed by atoms with van der Waals surface area (Å²) in [4.78, 5) is 17.7. The Balaban J connectivity index is 1.95. The van der Waals surface area contributed by atoms with Crippen LogP contribution >= 0.6 is 0 Å². The van der Waals surface area contributed by atoms with Crippen LogP contribution in [0.4, 0.5) is 11.9 Å². The van der Waals surface area contributed by atoms with E-state index in [9.17, 15) is 10.2 Å². The van der Waals surface area contributed by atoms with Crippen molar-refractivity contribution in [3.63, 3.8) is 0 Å². The van der Waals surface area contributed by atoms with E-state index in [0.29, 0.717) is 50.3 Å². The predicted molar refractivity (Wildman–Crippen MR) is 101 cm³/mol. The number of methoxy groups -OCH3 is 2. The molecule has 0 aromatic carbocycles. The molecule has 2 N–H and O–H groups in total. The van der Waals surface area contributed by atoms with Crippen LogP contribution < -0.4 is 9.80 Å². The minimum absolute atomic E-state index is 0.0374. The summed E-state index contributed by atoms with van der Waals surface area (Å²) in [6, 6.07) is 0. The zero-order chi connectivity index (χ0) is 19.2. The SMILES string of the molecule is COCN(COC)c1nc(C2CC3CCC2C3)nc(N(CCO)CCO)n1. The van der Waals surface area contributed by atoms with E-state index in [2.05, 4.69) is 4.98 Å². The van der Waals surface area contributed by atoms with Gasteiger partial charge in [0.1, 0.15) is 19.3 Å². The summed E-state index contributed by atoms with van der Waals surface area (Å²) in [5, 5.41) is 18.8. The first-order chi connectivity index (χ1) is 13.2. The van der Waals surface area contributed by atoms with Gasteiger partial charge >= 0.3 is 0 Å². The molecule has 0 radical (unpaired) electrons. The minimum Gasteiger partial charge on any atom is -0.395 e. The number of hydrogen-bond acceptors (Lipinski definition) is 9. The molecule has 2 aliphatic carbocycles. The molecular weight excluding hydrogens is 350 g/mol. The zero-order valence-corrected chi connectivity index (χ0v) is 16.3. The van der Waals surface area contributed by atoms with Crippen molar-refractivity contribution in [3.05, 3.63) is 5.82 Å². The van der Waals surface area contributed by atoms with Gasteiger partial charge in [-0.1, -0.05) is 6.42 Å². The molecule has 2 aliphatic rings. The molecule has 0 saturated heterocycles. The number of aromatic nitrogens is 3. The Hall–Kier alpha value is -1.55. The van der Waals surface area contributed by atoms with Crippen LogP contribution in [0.2, 0.25) is 0 Å². The first-order valence-corrected chi connectivity index (χ1v) is 9.65. The molecule has 1 heterocycles. The molecule has 2 saturated carbocycles. The van der Waals surface area contributed by atoms with Crippen molar-refractivity contribution in [2.24, 2.45) is 11.8 Å². The Morgan fingerprint density at radius 1 is 0.889 bits per heavy atom. The lowest BCUT2D eigenvalue weighted by molar-refractivity contribution is 0.138. The van der Waals surface area contributed by atoms with E-state index >= 15 is 0 Å². The molecule has 1 aromatic heterocycles. The number of anilines is 2. The Kier molecular flexibility index (Phi) is 7.17. The van der Waals surface area contributed by atoms with Gasteiger partial charge in [-0.05, 0) is 31.1 Å². The normalized spacial score (nSPS) is 23.8. The number of rotatable bonds is 11. The van der Waals surface area contributed by atoms with E-state index in [4.69, 9.17) is 19.4 Å². The first kappa shape index (κ1) is 20.2. The highest BCUT2D eigenvalue weighted by Crippen LogP contribution is 2.52. The summed E-state index contributed by atoms with van der Waals surface area (Å²) < 4.78 is 10.5. The lowest BCUT2D eigenvalue weighted by Crippen LogP contribution is -2.34. The molecular formula is C18H31N5O4. The smallest absolute Gasteiger partial charge is 0.234 e. The lowest BCUT2D eigenvalue weighted by Gasteiger charge is -2.27. The van der Waals surface area contributed by atoms with Gasteiger partial charge in [-0.15, -0.1) is 0 Å². The summed E-state index contributed by atoms with van der Waals surface area (Å²) in [7, 11) is 3.23. The standard InChI is InChI=1S/C18H31N5O4/c1-26-11-23(12-27-2)18-20-16(15-10-13-3-4-14(15)9-13)19-17(21-18)22(5-7-24)6-8-25/h13-15,24-25H,3-12H2,1-2H3. The molecule has 2 fully saturated rings. The van der Waals surface area contributed by atoms with Crippen molar-refractivity contribution in [1.82, 2.24) is 15.0 Å². The highest BCUT2D eigenvalue weighted by atomic mass is 16.5. The third kappa shape index (κ3) is 4.66. The average Bonchev–Trinajstić information content (AvgIpc) is 3.31. The molecule has 152 valence electrons. The van der Waals surface area contributed by atoms with Crippen LogP contribution in [-0.2, 0) is 9.47 Å². The van der Waals surface area contributed by atoms with Crippen molar-refractivity contribution in [2.45, 2.75) is 31.6 Å². The third-order valence-corrected chi connectivity index (χ3v) is 5.57. The monoisotopic (exact) mass is 381 g/mol. The van der Waals surface area contributed by atoms with E-state index in [0.717, 1.165) is 18.2 Å². The number of ether oxygens (including phenoxy) is 2. The molecule has 27 heavy (non-hydrogen) atoms. The maximum atomic E-state index is 9.39. The van der Waals surface area contributed by atoms with Gasteiger partial charge in [-0.3, -0.25) is 4.90 Å².